The highest BCUT2D eigenvalue weighted by atomic mass is 35.5. The summed E-state index contributed by atoms with van der Waals surface area (Å²) in [6, 6.07) is 4.01. The van der Waals surface area contributed by atoms with E-state index in [4.69, 9.17) is 23.2 Å². The summed E-state index contributed by atoms with van der Waals surface area (Å²) in [7, 11) is 0. The van der Waals surface area contributed by atoms with Crippen LogP contribution in [0.15, 0.2) is 24.5 Å². The number of aromatic nitrogens is 3. The van der Waals surface area contributed by atoms with Gasteiger partial charge in [-0.25, -0.2) is 0 Å². The highest BCUT2D eigenvalue weighted by Crippen LogP contribution is 2.28. The Kier molecular flexibility index (Phi) is 3.52. The number of rotatable bonds is 2. The fourth-order valence-electron chi connectivity index (χ4n) is 2.04. The number of nitrogens with zero attached hydrogens (tertiary/aromatic N) is 3. The van der Waals surface area contributed by atoms with Crippen molar-refractivity contribution >= 4 is 46.7 Å². The van der Waals surface area contributed by atoms with E-state index in [1.807, 2.05) is 0 Å². The van der Waals surface area contributed by atoms with E-state index in [0.717, 1.165) is 0 Å². The molecule has 1 aliphatic heterocycles. The quantitative estimate of drug-likeness (QED) is 0.884. The fraction of sp³-hybridized carbons (Fsp3) is 0.167. The number of hydrogen-bond acceptors (Lipinski definition) is 4. The van der Waals surface area contributed by atoms with Crippen molar-refractivity contribution < 1.29 is 9.59 Å². The van der Waals surface area contributed by atoms with Crippen LogP contribution in [0, 0.1) is 0 Å². The van der Waals surface area contributed by atoms with Crippen LogP contribution in [-0.2, 0) is 9.59 Å². The Morgan fingerprint density at radius 2 is 2.24 bits per heavy atom. The third-order valence-electron chi connectivity index (χ3n) is 3.03. The summed E-state index contributed by atoms with van der Waals surface area (Å²) in [5, 5.41) is 13.4. The van der Waals surface area contributed by atoms with Crippen LogP contribution in [0.25, 0.3) is 0 Å². The molecule has 3 rings (SSSR count). The monoisotopic (exact) mass is 325 g/mol. The van der Waals surface area contributed by atoms with Crippen molar-refractivity contribution in [1.29, 1.82) is 0 Å². The van der Waals surface area contributed by atoms with Crippen LogP contribution in [0.3, 0.4) is 0 Å². The van der Waals surface area contributed by atoms with E-state index in [1.165, 1.54) is 17.0 Å². The Balaban J connectivity index is 1.85. The van der Waals surface area contributed by atoms with Gasteiger partial charge in [0.05, 0.1) is 17.1 Å². The van der Waals surface area contributed by atoms with Gasteiger partial charge in [0.1, 0.15) is 12.4 Å². The molecular formula is C12H9Cl2N5O2. The largest absolute Gasteiger partial charge is 0.323 e. The number of fused-ring (bicyclic) bond motifs is 1. The minimum absolute atomic E-state index is 0.00207. The summed E-state index contributed by atoms with van der Waals surface area (Å²) in [6.07, 6.45) is 1.39. The minimum Gasteiger partial charge on any atom is -0.323 e. The Hall–Kier alpha value is -2.12. The van der Waals surface area contributed by atoms with Gasteiger partial charge in [-0.05, 0) is 18.2 Å². The van der Waals surface area contributed by atoms with Gasteiger partial charge in [0.2, 0.25) is 17.8 Å². The zero-order chi connectivity index (χ0) is 15.0. The number of amides is 2. The number of halogens is 2. The van der Waals surface area contributed by atoms with Crippen LogP contribution in [0.4, 0.5) is 11.6 Å². The SMILES string of the molecule is O=C1C[C@H](C(=O)Nc2ccc(Cl)cc2Cl)n2cnnc2N1. The lowest BCUT2D eigenvalue weighted by atomic mass is 10.1. The van der Waals surface area contributed by atoms with E-state index < -0.39 is 6.04 Å². The summed E-state index contributed by atoms with van der Waals surface area (Å²) in [6.45, 7) is 0. The molecule has 1 aromatic heterocycles. The molecule has 2 N–H and O–H groups in total. The molecule has 0 saturated heterocycles. The van der Waals surface area contributed by atoms with Gasteiger partial charge in [0.15, 0.2) is 0 Å². The molecule has 0 fully saturated rings. The lowest BCUT2D eigenvalue weighted by Gasteiger charge is -2.23. The van der Waals surface area contributed by atoms with Crippen molar-refractivity contribution in [3.05, 3.63) is 34.6 Å². The van der Waals surface area contributed by atoms with Gasteiger partial charge >= 0.3 is 0 Å². The second kappa shape index (κ2) is 5.34. The van der Waals surface area contributed by atoms with E-state index in [9.17, 15) is 9.59 Å². The van der Waals surface area contributed by atoms with Crippen LogP contribution >= 0.6 is 23.2 Å². The molecule has 0 saturated carbocycles. The molecule has 2 amide bonds. The molecule has 1 aliphatic rings. The third-order valence-corrected chi connectivity index (χ3v) is 3.58. The molecular weight excluding hydrogens is 317 g/mol. The molecule has 2 aromatic rings. The van der Waals surface area contributed by atoms with Crippen molar-refractivity contribution in [3.63, 3.8) is 0 Å². The predicted octanol–water partition coefficient (Wildman–Crippen LogP) is 2.11. The first-order valence-electron chi connectivity index (χ1n) is 6.00. The summed E-state index contributed by atoms with van der Waals surface area (Å²) >= 11 is 11.8. The standard InChI is InChI=1S/C12H9Cl2N5O2/c13-6-1-2-8(7(14)3-6)16-11(21)9-4-10(20)17-12-18-15-5-19(9)12/h1-3,5,9H,4H2,(H,16,21)(H,17,18,20)/t9-/m1/s1. The maximum absolute atomic E-state index is 12.4. The highest BCUT2D eigenvalue weighted by Gasteiger charge is 2.31. The number of anilines is 2. The van der Waals surface area contributed by atoms with Crippen molar-refractivity contribution in [2.75, 3.05) is 10.6 Å². The Bertz CT molecular complexity index is 730. The van der Waals surface area contributed by atoms with Gasteiger partial charge < -0.3 is 5.32 Å². The van der Waals surface area contributed by atoms with E-state index in [0.29, 0.717) is 15.7 Å². The lowest BCUT2D eigenvalue weighted by Crippen LogP contribution is -2.35. The fourth-order valence-corrected chi connectivity index (χ4v) is 2.49. The van der Waals surface area contributed by atoms with Crippen LogP contribution in [0.2, 0.25) is 10.0 Å². The smallest absolute Gasteiger partial charge is 0.248 e. The molecule has 1 atom stereocenters. The molecule has 0 bridgehead atoms. The number of carbonyl (C=O) groups excluding carboxylic acids is 2. The molecule has 0 radical (unpaired) electrons. The normalized spacial score (nSPS) is 17.0. The first-order chi connectivity index (χ1) is 10.0. The van der Waals surface area contributed by atoms with Gasteiger partial charge in [-0.2, -0.15) is 0 Å². The van der Waals surface area contributed by atoms with E-state index in [-0.39, 0.29) is 24.2 Å². The van der Waals surface area contributed by atoms with Crippen molar-refractivity contribution in [2.45, 2.75) is 12.5 Å². The lowest BCUT2D eigenvalue weighted by molar-refractivity contribution is -0.125. The number of hydrogen-bond donors (Lipinski definition) is 2. The van der Waals surface area contributed by atoms with Gasteiger partial charge in [-0.15, -0.1) is 10.2 Å². The van der Waals surface area contributed by atoms with E-state index in [1.54, 1.807) is 12.1 Å². The van der Waals surface area contributed by atoms with Crippen LogP contribution < -0.4 is 10.6 Å². The maximum Gasteiger partial charge on any atom is 0.248 e. The van der Waals surface area contributed by atoms with Crippen molar-refractivity contribution in [1.82, 2.24) is 14.8 Å². The Morgan fingerprint density at radius 3 is 3.00 bits per heavy atom. The van der Waals surface area contributed by atoms with Gasteiger partial charge in [0, 0.05) is 5.02 Å². The molecule has 0 spiro atoms. The Morgan fingerprint density at radius 1 is 1.43 bits per heavy atom. The van der Waals surface area contributed by atoms with Gasteiger partial charge in [-0.1, -0.05) is 23.2 Å². The Labute approximate surface area is 129 Å². The molecule has 0 unspecified atom stereocenters. The van der Waals surface area contributed by atoms with E-state index in [2.05, 4.69) is 20.8 Å². The summed E-state index contributed by atoms with van der Waals surface area (Å²) in [5.41, 5.74) is 0.423. The first-order valence-corrected chi connectivity index (χ1v) is 6.75. The second-order valence-electron chi connectivity index (χ2n) is 4.44. The topological polar surface area (TPSA) is 88.9 Å². The molecule has 1 aromatic carbocycles. The summed E-state index contributed by atoms with van der Waals surface area (Å²) < 4.78 is 1.50. The van der Waals surface area contributed by atoms with Crippen LogP contribution in [0.1, 0.15) is 12.5 Å². The molecule has 108 valence electrons. The number of benzene rings is 1. The van der Waals surface area contributed by atoms with Crippen LogP contribution in [-0.4, -0.2) is 26.6 Å². The number of nitrogens with one attached hydrogen (secondary N) is 2. The average molecular weight is 326 g/mol. The zero-order valence-electron chi connectivity index (χ0n) is 10.5. The molecule has 2 heterocycles. The van der Waals surface area contributed by atoms with E-state index >= 15 is 0 Å². The van der Waals surface area contributed by atoms with Crippen LogP contribution in [0.5, 0.6) is 0 Å². The molecule has 21 heavy (non-hydrogen) atoms. The van der Waals surface area contributed by atoms with Gasteiger partial charge in [-0.3, -0.25) is 19.5 Å². The van der Waals surface area contributed by atoms with Crippen molar-refractivity contribution in [3.8, 4) is 0 Å². The average Bonchev–Trinajstić information content (AvgIpc) is 2.88. The number of carbonyl (C=O) groups is 2. The highest BCUT2D eigenvalue weighted by molar-refractivity contribution is 6.36. The first kappa shape index (κ1) is 13.8. The second-order valence-corrected chi connectivity index (χ2v) is 5.29. The molecule has 7 nitrogen and oxygen atoms in total. The summed E-state index contributed by atoms with van der Waals surface area (Å²) in [5.74, 6) is -0.429. The maximum atomic E-state index is 12.4. The summed E-state index contributed by atoms with van der Waals surface area (Å²) in [4.78, 5) is 23.9. The molecule has 9 heteroatoms. The van der Waals surface area contributed by atoms with Crippen molar-refractivity contribution in [2.24, 2.45) is 0 Å². The molecule has 0 aliphatic carbocycles. The predicted molar refractivity (Wildman–Crippen MR) is 77.4 cm³/mol. The zero-order valence-corrected chi connectivity index (χ0v) is 12.0. The minimum atomic E-state index is -0.726. The third kappa shape index (κ3) is 2.70. The van der Waals surface area contributed by atoms with Gasteiger partial charge in [0.25, 0.3) is 0 Å².